The molecule has 0 aliphatic heterocycles. The van der Waals surface area contributed by atoms with Crippen molar-refractivity contribution in [3.63, 3.8) is 0 Å². The van der Waals surface area contributed by atoms with Crippen LogP contribution in [0.25, 0.3) is 21.7 Å². The smallest absolute Gasteiger partial charge is 0.0804 e. The van der Waals surface area contributed by atoms with Crippen molar-refractivity contribution in [2.24, 2.45) is 0 Å². The molecule has 1 aromatic heterocycles. The summed E-state index contributed by atoms with van der Waals surface area (Å²) in [6, 6.07) is 22.4. The van der Waals surface area contributed by atoms with Gasteiger partial charge < -0.3 is 5.32 Å². The Morgan fingerprint density at radius 3 is 2.48 bits per heavy atom. The number of halogens is 1. The predicted octanol–water partition coefficient (Wildman–Crippen LogP) is 6.09. The molecule has 0 atom stereocenters. The number of para-hydroxylation sites is 1. The molecular weight excluding hydrogens is 304 g/mol. The molecule has 0 amide bonds. The van der Waals surface area contributed by atoms with Gasteiger partial charge in [-0.05, 0) is 30.5 Å². The maximum Gasteiger partial charge on any atom is 0.0804 e. The van der Waals surface area contributed by atoms with Gasteiger partial charge in [0.1, 0.15) is 0 Å². The fraction of sp³-hybridized carbons (Fsp3) is 0.0500. The Balaban J connectivity index is 1.96. The van der Waals surface area contributed by atoms with Crippen LogP contribution in [0.1, 0.15) is 5.69 Å². The van der Waals surface area contributed by atoms with Crippen LogP contribution in [-0.2, 0) is 0 Å². The molecule has 112 valence electrons. The lowest BCUT2D eigenvalue weighted by atomic mass is 10.0. The number of aryl methyl sites for hydroxylation is 1. The van der Waals surface area contributed by atoms with Crippen molar-refractivity contribution in [3.05, 3.63) is 77.4 Å². The summed E-state index contributed by atoms with van der Waals surface area (Å²) >= 11 is 6.28. The lowest BCUT2D eigenvalue weighted by Gasteiger charge is -2.13. The van der Waals surface area contributed by atoms with Gasteiger partial charge in [-0.2, -0.15) is 0 Å². The maximum absolute atomic E-state index is 6.28. The molecule has 0 fully saturated rings. The van der Waals surface area contributed by atoms with Crippen molar-refractivity contribution in [3.8, 4) is 0 Å². The summed E-state index contributed by atoms with van der Waals surface area (Å²) in [6.45, 7) is 2.01. The maximum atomic E-state index is 6.28. The third-order valence-corrected chi connectivity index (χ3v) is 4.30. The zero-order chi connectivity index (χ0) is 15.8. The van der Waals surface area contributed by atoms with E-state index in [1.165, 1.54) is 5.39 Å². The number of benzene rings is 3. The van der Waals surface area contributed by atoms with Gasteiger partial charge in [-0.25, -0.2) is 0 Å². The van der Waals surface area contributed by atoms with Crippen LogP contribution in [0.4, 0.5) is 11.4 Å². The summed E-state index contributed by atoms with van der Waals surface area (Å²) in [6.07, 6.45) is 0. The summed E-state index contributed by atoms with van der Waals surface area (Å²) in [5.41, 5.74) is 3.90. The minimum atomic E-state index is 0.705. The quantitative estimate of drug-likeness (QED) is 0.452. The fourth-order valence-corrected chi connectivity index (χ4v) is 3.08. The molecule has 0 saturated carbocycles. The Labute approximate surface area is 139 Å². The predicted molar refractivity (Wildman–Crippen MR) is 98.7 cm³/mol. The molecule has 0 bridgehead atoms. The second-order valence-electron chi connectivity index (χ2n) is 5.60. The van der Waals surface area contributed by atoms with Gasteiger partial charge in [-0.3, -0.25) is 4.98 Å². The van der Waals surface area contributed by atoms with E-state index in [1.54, 1.807) is 0 Å². The van der Waals surface area contributed by atoms with Crippen molar-refractivity contribution >= 4 is 44.7 Å². The van der Waals surface area contributed by atoms with Crippen LogP contribution in [0.2, 0.25) is 5.02 Å². The van der Waals surface area contributed by atoms with Gasteiger partial charge in [-0.1, -0.05) is 60.1 Å². The SMILES string of the molecule is Cc1cc(Nc2ccccc2Cl)c2ccc3ccccc3c2n1. The van der Waals surface area contributed by atoms with E-state index in [1.807, 2.05) is 43.3 Å². The minimum absolute atomic E-state index is 0.705. The molecule has 3 heteroatoms. The first-order valence-electron chi connectivity index (χ1n) is 7.53. The summed E-state index contributed by atoms with van der Waals surface area (Å²) in [4.78, 5) is 4.76. The molecule has 0 radical (unpaired) electrons. The van der Waals surface area contributed by atoms with E-state index in [0.717, 1.165) is 33.4 Å². The Kier molecular flexibility index (Phi) is 3.40. The van der Waals surface area contributed by atoms with Crippen LogP contribution in [0.3, 0.4) is 0 Å². The van der Waals surface area contributed by atoms with E-state index in [-0.39, 0.29) is 0 Å². The van der Waals surface area contributed by atoms with E-state index in [9.17, 15) is 0 Å². The van der Waals surface area contributed by atoms with Gasteiger partial charge in [0.15, 0.2) is 0 Å². The zero-order valence-corrected chi connectivity index (χ0v) is 13.4. The normalized spacial score (nSPS) is 11.0. The third-order valence-electron chi connectivity index (χ3n) is 3.98. The minimum Gasteiger partial charge on any atom is -0.354 e. The first kappa shape index (κ1) is 14.0. The van der Waals surface area contributed by atoms with Crippen LogP contribution in [-0.4, -0.2) is 4.98 Å². The van der Waals surface area contributed by atoms with Crippen LogP contribution in [0.15, 0.2) is 66.7 Å². The van der Waals surface area contributed by atoms with Gasteiger partial charge >= 0.3 is 0 Å². The molecule has 3 aromatic carbocycles. The number of anilines is 2. The third kappa shape index (κ3) is 2.51. The molecule has 1 N–H and O–H groups in total. The number of rotatable bonds is 2. The van der Waals surface area contributed by atoms with E-state index in [0.29, 0.717) is 5.02 Å². The van der Waals surface area contributed by atoms with Crippen molar-refractivity contribution in [1.82, 2.24) is 4.98 Å². The highest BCUT2D eigenvalue weighted by Gasteiger charge is 2.09. The second-order valence-corrected chi connectivity index (χ2v) is 6.01. The molecular formula is C20H15ClN2. The Hall–Kier alpha value is -2.58. The highest BCUT2D eigenvalue weighted by Crippen LogP contribution is 2.33. The second kappa shape index (κ2) is 5.56. The Bertz CT molecular complexity index is 1020. The van der Waals surface area contributed by atoms with Gasteiger partial charge in [0.05, 0.1) is 16.2 Å². The number of pyridine rings is 1. The van der Waals surface area contributed by atoms with Crippen molar-refractivity contribution < 1.29 is 0 Å². The molecule has 4 aromatic rings. The molecule has 0 unspecified atom stereocenters. The van der Waals surface area contributed by atoms with E-state index in [2.05, 4.69) is 35.6 Å². The van der Waals surface area contributed by atoms with Crippen molar-refractivity contribution in [2.45, 2.75) is 6.92 Å². The molecule has 1 heterocycles. The Morgan fingerprint density at radius 1 is 0.826 bits per heavy atom. The van der Waals surface area contributed by atoms with Gasteiger partial charge in [0, 0.05) is 22.2 Å². The summed E-state index contributed by atoms with van der Waals surface area (Å²) in [7, 11) is 0. The van der Waals surface area contributed by atoms with E-state index < -0.39 is 0 Å². The topological polar surface area (TPSA) is 24.9 Å². The van der Waals surface area contributed by atoms with E-state index >= 15 is 0 Å². The standard InChI is InChI=1S/C20H15ClN2/c1-13-12-19(23-18-9-5-4-8-17(18)21)16-11-10-14-6-2-3-7-15(14)20(16)22-13/h2-12H,1H3,(H,22,23). The molecule has 2 nitrogen and oxygen atoms in total. The van der Waals surface area contributed by atoms with Crippen LogP contribution in [0, 0.1) is 6.92 Å². The first-order valence-corrected chi connectivity index (χ1v) is 7.91. The fourth-order valence-electron chi connectivity index (χ4n) is 2.90. The van der Waals surface area contributed by atoms with Crippen LogP contribution < -0.4 is 5.32 Å². The number of nitrogens with one attached hydrogen (secondary N) is 1. The lowest BCUT2D eigenvalue weighted by molar-refractivity contribution is 1.26. The first-order chi connectivity index (χ1) is 11.2. The van der Waals surface area contributed by atoms with Crippen LogP contribution in [0.5, 0.6) is 0 Å². The van der Waals surface area contributed by atoms with E-state index in [4.69, 9.17) is 16.6 Å². The molecule has 0 saturated heterocycles. The number of hydrogen-bond donors (Lipinski definition) is 1. The van der Waals surface area contributed by atoms with Crippen molar-refractivity contribution in [2.75, 3.05) is 5.32 Å². The largest absolute Gasteiger partial charge is 0.354 e. The zero-order valence-electron chi connectivity index (χ0n) is 12.7. The average molecular weight is 319 g/mol. The lowest BCUT2D eigenvalue weighted by Crippen LogP contribution is -1.95. The number of aromatic nitrogens is 1. The summed E-state index contributed by atoms with van der Waals surface area (Å²) in [5, 5.41) is 7.60. The number of fused-ring (bicyclic) bond motifs is 3. The van der Waals surface area contributed by atoms with Gasteiger partial charge in [0.2, 0.25) is 0 Å². The highest BCUT2D eigenvalue weighted by atomic mass is 35.5. The molecule has 0 aliphatic carbocycles. The monoisotopic (exact) mass is 318 g/mol. The number of hydrogen-bond acceptors (Lipinski definition) is 2. The average Bonchev–Trinajstić information content (AvgIpc) is 2.56. The molecule has 4 rings (SSSR count). The molecule has 0 aliphatic rings. The molecule has 0 spiro atoms. The van der Waals surface area contributed by atoms with Crippen molar-refractivity contribution in [1.29, 1.82) is 0 Å². The van der Waals surface area contributed by atoms with Gasteiger partial charge in [-0.15, -0.1) is 0 Å². The summed E-state index contributed by atoms with van der Waals surface area (Å²) < 4.78 is 0. The van der Waals surface area contributed by atoms with Crippen LogP contribution >= 0.6 is 11.6 Å². The van der Waals surface area contributed by atoms with Gasteiger partial charge in [0.25, 0.3) is 0 Å². The highest BCUT2D eigenvalue weighted by molar-refractivity contribution is 6.33. The summed E-state index contributed by atoms with van der Waals surface area (Å²) in [5.74, 6) is 0. The number of nitrogens with zero attached hydrogens (tertiary/aromatic N) is 1. The Morgan fingerprint density at radius 2 is 1.61 bits per heavy atom. The molecule has 23 heavy (non-hydrogen) atoms.